The van der Waals surface area contributed by atoms with Crippen LogP contribution in [-0.4, -0.2) is 26.7 Å². The zero-order valence-electron chi connectivity index (χ0n) is 13.2. The van der Waals surface area contributed by atoms with Crippen LogP contribution in [0.25, 0.3) is 0 Å². The number of carbonyl (C=O) groups excluding carboxylic acids is 1. The van der Waals surface area contributed by atoms with Crippen LogP contribution in [0.4, 0.5) is 0 Å². The monoisotopic (exact) mass is 313 g/mol. The molecule has 2 aromatic rings. The molecule has 0 saturated heterocycles. The number of rotatable bonds is 6. The largest absolute Gasteiger partial charge is 0.392 e. The van der Waals surface area contributed by atoms with E-state index >= 15 is 0 Å². The lowest BCUT2D eigenvalue weighted by Crippen LogP contribution is -2.35. The molecule has 2 N–H and O–H groups in total. The van der Waals surface area contributed by atoms with Gasteiger partial charge in [0.1, 0.15) is 5.82 Å². The number of carbonyl (C=O) groups is 1. The highest BCUT2D eigenvalue weighted by atomic mass is 16.3. The van der Waals surface area contributed by atoms with E-state index in [2.05, 4.69) is 27.0 Å². The van der Waals surface area contributed by atoms with Gasteiger partial charge in [0.15, 0.2) is 0 Å². The van der Waals surface area contributed by atoms with Gasteiger partial charge < -0.3 is 15.0 Å². The van der Waals surface area contributed by atoms with Gasteiger partial charge in [-0.15, -0.1) is 0 Å². The minimum absolute atomic E-state index is 0.0624. The van der Waals surface area contributed by atoms with Gasteiger partial charge in [-0.1, -0.05) is 30.3 Å². The minimum Gasteiger partial charge on any atom is -0.392 e. The van der Waals surface area contributed by atoms with Crippen LogP contribution < -0.4 is 5.32 Å². The standard InChI is InChI=1S/C18H23N3O2/c22-16-8-4-7-15(16)18(23)20-13-17-19-10-12-21(17)11-9-14-5-2-1-3-6-14/h1-3,5-6,10,12,15-16,22H,4,7-9,11,13H2,(H,20,23). The SMILES string of the molecule is O=C(NCc1nccn1CCc1ccccc1)C1CCCC1O. The van der Waals surface area contributed by atoms with Crippen LogP contribution >= 0.6 is 0 Å². The van der Waals surface area contributed by atoms with Gasteiger partial charge in [0.05, 0.1) is 18.6 Å². The van der Waals surface area contributed by atoms with Crippen molar-refractivity contribution in [3.05, 3.63) is 54.1 Å². The van der Waals surface area contributed by atoms with Gasteiger partial charge in [-0.05, 0) is 31.2 Å². The van der Waals surface area contributed by atoms with Gasteiger partial charge in [0, 0.05) is 18.9 Å². The predicted octanol–water partition coefficient (Wildman–Crippen LogP) is 1.90. The number of amides is 1. The zero-order valence-corrected chi connectivity index (χ0v) is 13.2. The summed E-state index contributed by atoms with van der Waals surface area (Å²) in [5, 5.41) is 12.7. The number of aliphatic hydroxyl groups excluding tert-OH is 1. The Balaban J connectivity index is 1.53. The maximum absolute atomic E-state index is 12.1. The fourth-order valence-corrected chi connectivity index (χ4v) is 3.15. The van der Waals surface area contributed by atoms with Crippen LogP contribution in [0.3, 0.4) is 0 Å². The quantitative estimate of drug-likeness (QED) is 0.856. The third-order valence-electron chi connectivity index (χ3n) is 4.52. The molecular formula is C18H23N3O2. The molecular weight excluding hydrogens is 290 g/mol. The summed E-state index contributed by atoms with van der Waals surface area (Å²) >= 11 is 0. The summed E-state index contributed by atoms with van der Waals surface area (Å²) in [6.45, 7) is 1.24. The number of benzene rings is 1. The fourth-order valence-electron chi connectivity index (χ4n) is 3.15. The number of aryl methyl sites for hydroxylation is 2. The second-order valence-corrected chi connectivity index (χ2v) is 6.10. The highest BCUT2D eigenvalue weighted by Crippen LogP contribution is 2.25. The first-order valence-corrected chi connectivity index (χ1v) is 8.24. The van der Waals surface area contributed by atoms with E-state index in [1.807, 2.05) is 24.4 Å². The first-order chi connectivity index (χ1) is 11.2. The molecule has 1 aliphatic rings. The average molecular weight is 313 g/mol. The van der Waals surface area contributed by atoms with Crippen LogP contribution in [0, 0.1) is 5.92 Å². The van der Waals surface area contributed by atoms with Crippen LogP contribution in [0.5, 0.6) is 0 Å². The smallest absolute Gasteiger partial charge is 0.226 e. The topological polar surface area (TPSA) is 67.2 Å². The molecule has 0 bridgehead atoms. The van der Waals surface area contributed by atoms with Crippen molar-refractivity contribution in [2.75, 3.05) is 0 Å². The molecule has 0 aliphatic heterocycles. The Morgan fingerprint density at radius 2 is 2.13 bits per heavy atom. The molecule has 122 valence electrons. The third kappa shape index (κ3) is 3.99. The average Bonchev–Trinajstić information content (AvgIpc) is 3.20. The lowest BCUT2D eigenvalue weighted by Gasteiger charge is -2.15. The summed E-state index contributed by atoms with van der Waals surface area (Å²) in [6.07, 6.45) is 6.56. The number of hydrogen-bond donors (Lipinski definition) is 2. The molecule has 1 aromatic carbocycles. The number of aromatic nitrogens is 2. The maximum Gasteiger partial charge on any atom is 0.226 e. The minimum atomic E-state index is -0.493. The molecule has 1 heterocycles. The third-order valence-corrected chi connectivity index (χ3v) is 4.52. The number of imidazole rings is 1. The van der Waals surface area contributed by atoms with E-state index in [0.717, 1.165) is 38.1 Å². The molecule has 5 heteroatoms. The summed E-state index contributed by atoms with van der Waals surface area (Å²) in [7, 11) is 0. The number of nitrogens with zero attached hydrogens (tertiary/aromatic N) is 2. The van der Waals surface area contributed by atoms with Gasteiger partial charge in [-0.25, -0.2) is 4.98 Å². The summed E-state index contributed by atoms with van der Waals surface area (Å²) in [6, 6.07) is 10.3. The van der Waals surface area contributed by atoms with E-state index in [9.17, 15) is 9.90 Å². The molecule has 1 aromatic heterocycles. The molecule has 3 rings (SSSR count). The van der Waals surface area contributed by atoms with Crippen molar-refractivity contribution in [3.8, 4) is 0 Å². The van der Waals surface area contributed by atoms with E-state index < -0.39 is 6.10 Å². The Bertz CT molecular complexity index is 639. The van der Waals surface area contributed by atoms with Crippen LogP contribution in [0.15, 0.2) is 42.7 Å². The molecule has 5 nitrogen and oxygen atoms in total. The highest BCUT2D eigenvalue weighted by Gasteiger charge is 2.31. The van der Waals surface area contributed by atoms with Gasteiger partial charge in [-0.3, -0.25) is 4.79 Å². The second kappa shape index (κ2) is 7.42. The van der Waals surface area contributed by atoms with Gasteiger partial charge in [-0.2, -0.15) is 0 Å². The molecule has 1 saturated carbocycles. The Labute approximate surface area is 136 Å². The number of nitrogens with one attached hydrogen (secondary N) is 1. The summed E-state index contributed by atoms with van der Waals surface area (Å²) < 4.78 is 2.07. The van der Waals surface area contributed by atoms with Crippen molar-refractivity contribution >= 4 is 5.91 Å². The van der Waals surface area contributed by atoms with Crippen molar-refractivity contribution in [2.45, 2.75) is 44.9 Å². The van der Waals surface area contributed by atoms with E-state index in [1.165, 1.54) is 5.56 Å². The maximum atomic E-state index is 12.1. The lowest BCUT2D eigenvalue weighted by molar-refractivity contribution is -0.127. The Kier molecular flexibility index (Phi) is 5.08. The summed E-state index contributed by atoms with van der Waals surface area (Å²) in [4.78, 5) is 16.5. The first kappa shape index (κ1) is 15.7. The highest BCUT2D eigenvalue weighted by molar-refractivity contribution is 5.79. The molecule has 23 heavy (non-hydrogen) atoms. The van der Waals surface area contributed by atoms with E-state index in [-0.39, 0.29) is 11.8 Å². The van der Waals surface area contributed by atoms with Crippen LogP contribution in [0.1, 0.15) is 30.7 Å². The van der Waals surface area contributed by atoms with Crippen molar-refractivity contribution in [1.29, 1.82) is 0 Å². The van der Waals surface area contributed by atoms with Crippen molar-refractivity contribution in [2.24, 2.45) is 5.92 Å². The van der Waals surface area contributed by atoms with Crippen molar-refractivity contribution in [3.63, 3.8) is 0 Å². The fraction of sp³-hybridized carbons (Fsp3) is 0.444. The van der Waals surface area contributed by atoms with Gasteiger partial charge >= 0.3 is 0 Å². The second-order valence-electron chi connectivity index (χ2n) is 6.10. The molecule has 1 amide bonds. The molecule has 1 fully saturated rings. The van der Waals surface area contributed by atoms with E-state index in [0.29, 0.717) is 6.54 Å². The summed E-state index contributed by atoms with van der Waals surface area (Å²) in [5.41, 5.74) is 1.28. The van der Waals surface area contributed by atoms with Gasteiger partial charge in [0.25, 0.3) is 0 Å². The molecule has 0 spiro atoms. The van der Waals surface area contributed by atoms with Crippen molar-refractivity contribution in [1.82, 2.24) is 14.9 Å². The van der Waals surface area contributed by atoms with Gasteiger partial charge in [0.2, 0.25) is 5.91 Å². The predicted molar refractivity (Wildman–Crippen MR) is 87.6 cm³/mol. The Morgan fingerprint density at radius 3 is 2.87 bits per heavy atom. The van der Waals surface area contributed by atoms with Crippen LogP contribution in [0.2, 0.25) is 0 Å². The molecule has 0 radical (unpaired) electrons. The summed E-state index contributed by atoms with van der Waals surface area (Å²) in [5.74, 6) is 0.525. The van der Waals surface area contributed by atoms with E-state index in [1.54, 1.807) is 6.20 Å². The molecule has 2 unspecified atom stereocenters. The molecule has 2 atom stereocenters. The molecule has 1 aliphatic carbocycles. The van der Waals surface area contributed by atoms with Crippen LogP contribution in [-0.2, 0) is 24.3 Å². The Morgan fingerprint density at radius 1 is 1.30 bits per heavy atom. The number of aliphatic hydroxyl groups is 1. The number of hydrogen-bond acceptors (Lipinski definition) is 3. The first-order valence-electron chi connectivity index (χ1n) is 8.24. The lowest BCUT2D eigenvalue weighted by atomic mass is 10.1. The van der Waals surface area contributed by atoms with E-state index in [4.69, 9.17) is 0 Å². The zero-order chi connectivity index (χ0) is 16.1. The Hall–Kier alpha value is -2.14. The normalized spacial score (nSPS) is 20.6. The van der Waals surface area contributed by atoms with Crippen molar-refractivity contribution < 1.29 is 9.90 Å².